The van der Waals surface area contributed by atoms with Crippen LogP contribution < -0.4 is 5.32 Å². The molecule has 1 heterocycles. The molecule has 0 saturated carbocycles. The van der Waals surface area contributed by atoms with Gasteiger partial charge in [-0.25, -0.2) is 4.98 Å². The Kier molecular flexibility index (Phi) is 5.74. The number of nitrogens with one attached hydrogen (secondary N) is 1. The molecule has 0 atom stereocenters. The van der Waals surface area contributed by atoms with E-state index in [-0.39, 0.29) is 5.91 Å². The molecule has 1 aromatic heterocycles. The first-order chi connectivity index (χ1) is 9.74. The summed E-state index contributed by atoms with van der Waals surface area (Å²) >= 11 is 3.26. The molecule has 20 heavy (non-hydrogen) atoms. The van der Waals surface area contributed by atoms with Crippen LogP contribution in [0.1, 0.15) is 24.8 Å². The first-order valence-corrected chi connectivity index (χ1v) is 7.49. The summed E-state index contributed by atoms with van der Waals surface area (Å²) in [5, 5.41) is 2.85. The van der Waals surface area contributed by atoms with Crippen molar-refractivity contribution in [3.8, 4) is 0 Å². The quantitative estimate of drug-likeness (QED) is 0.636. The van der Waals surface area contributed by atoms with Gasteiger partial charge in [-0.15, -0.1) is 0 Å². The SMILES string of the molecule is O=C(CCCCc1ccccc1)Nc1ccc(Br)nc1. The number of carbonyl (C=O) groups excluding carboxylic acids is 1. The first-order valence-electron chi connectivity index (χ1n) is 6.69. The lowest BCUT2D eigenvalue weighted by Gasteiger charge is -2.05. The van der Waals surface area contributed by atoms with Crippen molar-refractivity contribution in [2.45, 2.75) is 25.7 Å². The second-order valence-corrected chi connectivity index (χ2v) is 5.42. The third kappa shape index (κ3) is 5.13. The number of aromatic nitrogens is 1. The Balaban J connectivity index is 1.66. The van der Waals surface area contributed by atoms with E-state index in [1.807, 2.05) is 30.3 Å². The highest BCUT2D eigenvalue weighted by atomic mass is 79.9. The summed E-state index contributed by atoms with van der Waals surface area (Å²) in [6.45, 7) is 0. The van der Waals surface area contributed by atoms with Gasteiger partial charge in [0.05, 0.1) is 11.9 Å². The van der Waals surface area contributed by atoms with Crippen LogP contribution in [0.25, 0.3) is 0 Å². The molecule has 0 aliphatic carbocycles. The highest BCUT2D eigenvalue weighted by molar-refractivity contribution is 9.10. The maximum absolute atomic E-state index is 11.8. The van der Waals surface area contributed by atoms with Crippen molar-refractivity contribution < 1.29 is 4.79 Å². The van der Waals surface area contributed by atoms with Crippen molar-refractivity contribution in [2.75, 3.05) is 5.32 Å². The number of hydrogen-bond acceptors (Lipinski definition) is 2. The second kappa shape index (κ2) is 7.80. The number of unbranched alkanes of at least 4 members (excludes halogenated alkanes) is 1. The van der Waals surface area contributed by atoms with Crippen LogP contribution >= 0.6 is 15.9 Å². The Labute approximate surface area is 127 Å². The minimum Gasteiger partial charge on any atom is -0.325 e. The smallest absolute Gasteiger partial charge is 0.224 e. The van der Waals surface area contributed by atoms with Crippen LogP contribution in [0.4, 0.5) is 5.69 Å². The number of hydrogen-bond donors (Lipinski definition) is 1. The molecule has 0 saturated heterocycles. The molecule has 0 radical (unpaired) electrons. The third-order valence-corrected chi connectivity index (χ3v) is 3.44. The Bertz CT molecular complexity index is 540. The lowest BCUT2D eigenvalue weighted by Crippen LogP contribution is -2.11. The van der Waals surface area contributed by atoms with Crippen LogP contribution in [-0.2, 0) is 11.2 Å². The van der Waals surface area contributed by atoms with Gasteiger partial charge >= 0.3 is 0 Å². The van der Waals surface area contributed by atoms with Gasteiger partial charge in [-0.1, -0.05) is 30.3 Å². The van der Waals surface area contributed by atoms with Crippen molar-refractivity contribution in [3.05, 3.63) is 58.8 Å². The van der Waals surface area contributed by atoms with Gasteiger partial charge in [0.1, 0.15) is 4.60 Å². The summed E-state index contributed by atoms with van der Waals surface area (Å²) in [5.74, 6) is 0.0437. The molecule has 1 amide bonds. The molecule has 104 valence electrons. The molecule has 0 aliphatic rings. The maximum Gasteiger partial charge on any atom is 0.224 e. The minimum atomic E-state index is 0.0437. The normalized spacial score (nSPS) is 10.2. The standard InChI is InChI=1S/C16H17BrN2O/c17-15-11-10-14(12-18-15)19-16(20)9-5-4-8-13-6-2-1-3-7-13/h1-3,6-7,10-12H,4-5,8-9H2,(H,19,20). The van der Waals surface area contributed by atoms with Crippen molar-refractivity contribution in [1.82, 2.24) is 4.98 Å². The topological polar surface area (TPSA) is 42.0 Å². The van der Waals surface area contributed by atoms with Crippen LogP contribution in [0.2, 0.25) is 0 Å². The molecular formula is C16H17BrN2O. The fourth-order valence-electron chi connectivity index (χ4n) is 1.93. The van der Waals surface area contributed by atoms with Crippen molar-refractivity contribution >= 4 is 27.5 Å². The molecule has 2 rings (SSSR count). The van der Waals surface area contributed by atoms with E-state index in [1.54, 1.807) is 6.20 Å². The number of benzene rings is 1. The zero-order valence-corrected chi connectivity index (χ0v) is 12.8. The highest BCUT2D eigenvalue weighted by Crippen LogP contribution is 2.11. The molecular weight excluding hydrogens is 316 g/mol. The number of pyridine rings is 1. The van der Waals surface area contributed by atoms with Gasteiger partial charge < -0.3 is 5.32 Å². The van der Waals surface area contributed by atoms with Crippen LogP contribution in [0.3, 0.4) is 0 Å². The van der Waals surface area contributed by atoms with Gasteiger partial charge in [0.2, 0.25) is 5.91 Å². The van der Waals surface area contributed by atoms with Crippen molar-refractivity contribution in [3.63, 3.8) is 0 Å². The van der Waals surface area contributed by atoms with Gasteiger partial charge in [0, 0.05) is 6.42 Å². The number of nitrogens with zero attached hydrogens (tertiary/aromatic N) is 1. The van der Waals surface area contributed by atoms with E-state index in [2.05, 4.69) is 38.4 Å². The molecule has 0 unspecified atom stereocenters. The summed E-state index contributed by atoms with van der Waals surface area (Å²) in [5.41, 5.74) is 2.06. The molecule has 0 bridgehead atoms. The van der Waals surface area contributed by atoms with Crippen LogP contribution in [0.5, 0.6) is 0 Å². The van der Waals surface area contributed by atoms with Crippen LogP contribution in [0.15, 0.2) is 53.3 Å². The number of amides is 1. The molecule has 0 aliphatic heterocycles. The fraction of sp³-hybridized carbons (Fsp3) is 0.250. The van der Waals surface area contributed by atoms with Gasteiger partial charge in [-0.2, -0.15) is 0 Å². The predicted molar refractivity (Wildman–Crippen MR) is 84.6 cm³/mol. The second-order valence-electron chi connectivity index (χ2n) is 4.61. The van der Waals surface area contributed by atoms with E-state index in [4.69, 9.17) is 0 Å². The van der Waals surface area contributed by atoms with Crippen LogP contribution in [-0.4, -0.2) is 10.9 Å². The van der Waals surface area contributed by atoms with E-state index in [0.717, 1.165) is 29.6 Å². The summed E-state index contributed by atoms with van der Waals surface area (Å²) < 4.78 is 0.762. The number of carbonyl (C=O) groups is 1. The predicted octanol–water partition coefficient (Wildman–Crippen LogP) is 4.20. The Morgan fingerprint density at radius 3 is 2.60 bits per heavy atom. The lowest BCUT2D eigenvalue weighted by molar-refractivity contribution is -0.116. The Morgan fingerprint density at radius 1 is 1.10 bits per heavy atom. The zero-order valence-electron chi connectivity index (χ0n) is 11.2. The number of anilines is 1. The summed E-state index contributed by atoms with van der Waals surface area (Å²) in [6.07, 6.45) is 5.13. The molecule has 1 aromatic carbocycles. The first kappa shape index (κ1) is 14.7. The van der Waals surface area contributed by atoms with E-state index in [1.165, 1.54) is 5.56 Å². The highest BCUT2D eigenvalue weighted by Gasteiger charge is 2.02. The van der Waals surface area contributed by atoms with Gasteiger partial charge in [0.25, 0.3) is 0 Å². The summed E-state index contributed by atoms with van der Waals surface area (Å²) in [7, 11) is 0. The largest absolute Gasteiger partial charge is 0.325 e. The molecule has 0 fully saturated rings. The fourth-order valence-corrected chi connectivity index (χ4v) is 2.17. The van der Waals surface area contributed by atoms with Gasteiger partial charge in [-0.3, -0.25) is 4.79 Å². The van der Waals surface area contributed by atoms with E-state index >= 15 is 0 Å². The molecule has 1 N–H and O–H groups in total. The summed E-state index contributed by atoms with van der Waals surface area (Å²) in [6, 6.07) is 14.0. The van der Waals surface area contributed by atoms with E-state index in [9.17, 15) is 4.79 Å². The van der Waals surface area contributed by atoms with Crippen molar-refractivity contribution in [1.29, 1.82) is 0 Å². The molecule has 4 heteroatoms. The van der Waals surface area contributed by atoms with Crippen LogP contribution in [0, 0.1) is 0 Å². The maximum atomic E-state index is 11.8. The zero-order chi connectivity index (χ0) is 14.2. The Hall–Kier alpha value is -1.68. The molecule has 3 nitrogen and oxygen atoms in total. The van der Waals surface area contributed by atoms with Crippen molar-refractivity contribution in [2.24, 2.45) is 0 Å². The molecule has 2 aromatic rings. The minimum absolute atomic E-state index is 0.0437. The average molecular weight is 333 g/mol. The van der Waals surface area contributed by atoms with E-state index in [0.29, 0.717) is 6.42 Å². The number of aryl methyl sites for hydroxylation is 1. The molecule has 0 spiro atoms. The summed E-state index contributed by atoms with van der Waals surface area (Å²) in [4.78, 5) is 15.8. The van der Waals surface area contributed by atoms with E-state index < -0.39 is 0 Å². The average Bonchev–Trinajstić information content (AvgIpc) is 2.47. The number of halogens is 1. The lowest BCUT2D eigenvalue weighted by atomic mass is 10.1. The monoisotopic (exact) mass is 332 g/mol. The third-order valence-electron chi connectivity index (χ3n) is 2.97. The number of rotatable bonds is 6. The Morgan fingerprint density at radius 2 is 1.90 bits per heavy atom. The van der Waals surface area contributed by atoms with Gasteiger partial charge in [0.15, 0.2) is 0 Å². The van der Waals surface area contributed by atoms with Gasteiger partial charge in [-0.05, 0) is 52.9 Å².